The molecule has 0 bridgehead atoms. The Morgan fingerprint density at radius 3 is 2.75 bits per heavy atom. The fourth-order valence-electron chi connectivity index (χ4n) is 2.89. The first-order chi connectivity index (χ1) is 7.46. The minimum atomic E-state index is 0.515. The van der Waals surface area contributed by atoms with Crippen molar-refractivity contribution in [2.24, 2.45) is 11.3 Å². The van der Waals surface area contributed by atoms with Crippen LogP contribution in [-0.2, 0) is 6.54 Å². The van der Waals surface area contributed by atoms with E-state index in [4.69, 9.17) is 0 Å². The van der Waals surface area contributed by atoms with Crippen molar-refractivity contribution in [3.8, 4) is 0 Å². The lowest BCUT2D eigenvalue weighted by Crippen LogP contribution is -2.30. The quantitative estimate of drug-likeness (QED) is 0.873. The largest absolute Gasteiger partial charge is 0.309 e. The van der Waals surface area contributed by atoms with Gasteiger partial charge in [0.1, 0.15) is 0 Å². The summed E-state index contributed by atoms with van der Waals surface area (Å²) in [6, 6.07) is 0.678. The van der Waals surface area contributed by atoms with Crippen molar-refractivity contribution in [2.45, 2.75) is 53.1 Å². The third-order valence-corrected chi connectivity index (χ3v) is 4.45. The van der Waals surface area contributed by atoms with E-state index in [2.05, 4.69) is 38.0 Å². The second kappa shape index (κ2) is 4.46. The van der Waals surface area contributed by atoms with Crippen LogP contribution in [0.3, 0.4) is 0 Å². The van der Waals surface area contributed by atoms with Gasteiger partial charge in [0.2, 0.25) is 0 Å². The van der Waals surface area contributed by atoms with Gasteiger partial charge in [-0.2, -0.15) is 0 Å². The van der Waals surface area contributed by atoms with E-state index < -0.39 is 0 Å². The molecule has 0 saturated heterocycles. The molecule has 1 aromatic rings. The van der Waals surface area contributed by atoms with E-state index in [-0.39, 0.29) is 0 Å². The molecule has 0 spiro atoms. The summed E-state index contributed by atoms with van der Waals surface area (Å²) in [4.78, 5) is 5.64. The molecule has 16 heavy (non-hydrogen) atoms. The lowest BCUT2D eigenvalue weighted by Gasteiger charge is -2.18. The van der Waals surface area contributed by atoms with Crippen LogP contribution in [0.25, 0.3) is 0 Å². The summed E-state index contributed by atoms with van der Waals surface area (Å²) in [5.41, 5.74) is 0.515. The fraction of sp³-hybridized carbons (Fsp3) is 0.769. The first kappa shape index (κ1) is 12.1. The molecule has 1 heterocycles. The minimum absolute atomic E-state index is 0.515. The maximum Gasteiger partial charge on any atom is 0.0897 e. The standard InChI is InChI=1S/C13H22N2S/c1-9-5-13(3,4)6-12(9)15-8-11-7-14-10(2)16-11/h7,9,12,15H,5-6,8H2,1-4H3. The monoisotopic (exact) mass is 238 g/mol. The Bertz CT molecular complexity index is 357. The molecule has 1 aliphatic rings. The van der Waals surface area contributed by atoms with Crippen molar-refractivity contribution in [3.63, 3.8) is 0 Å². The SMILES string of the molecule is Cc1ncc(CNC2CC(C)(C)CC2C)s1. The molecule has 0 aliphatic heterocycles. The van der Waals surface area contributed by atoms with Crippen LogP contribution in [-0.4, -0.2) is 11.0 Å². The van der Waals surface area contributed by atoms with Crippen LogP contribution in [0.4, 0.5) is 0 Å². The molecule has 0 aromatic carbocycles. The molecule has 90 valence electrons. The molecule has 0 radical (unpaired) electrons. The van der Waals surface area contributed by atoms with Gasteiger partial charge in [-0.3, -0.25) is 0 Å². The number of rotatable bonds is 3. The molecular weight excluding hydrogens is 216 g/mol. The summed E-state index contributed by atoms with van der Waals surface area (Å²) in [5.74, 6) is 0.795. The van der Waals surface area contributed by atoms with Gasteiger partial charge in [-0.15, -0.1) is 11.3 Å². The lowest BCUT2D eigenvalue weighted by atomic mass is 9.91. The molecule has 1 aliphatic carbocycles. The van der Waals surface area contributed by atoms with E-state index in [1.54, 1.807) is 11.3 Å². The molecule has 0 amide bonds. The molecule has 1 fully saturated rings. The van der Waals surface area contributed by atoms with Crippen LogP contribution in [0.15, 0.2) is 6.20 Å². The van der Waals surface area contributed by atoms with Gasteiger partial charge in [0.25, 0.3) is 0 Å². The first-order valence-electron chi connectivity index (χ1n) is 6.11. The third kappa shape index (κ3) is 2.83. The van der Waals surface area contributed by atoms with Gasteiger partial charge in [0.05, 0.1) is 5.01 Å². The van der Waals surface area contributed by atoms with E-state index in [1.807, 2.05) is 6.20 Å². The van der Waals surface area contributed by atoms with Crippen LogP contribution in [0.5, 0.6) is 0 Å². The fourth-order valence-corrected chi connectivity index (χ4v) is 3.63. The van der Waals surface area contributed by atoms with Crippen LogP contribution in [0.1, 0.15) is 43.5 Å². The summed E-state index contributed by atoms with van der Waals surface area (Å²) in [5, 5.41) is 4.85. The van der Waals surface area contributed by atoms with Gasteiger partial charge >= 0.3 is 0 Å². The van der Waals surface area contributed by atoms with E-state index in [0.29, 0.717) is 11.5 Å². The van der Waals surface area contributed by atoms with Gasteiger partial charge < -0.3 is 5.32 Å². The van der Waals surface area contributed by atoms with Gasteiger partial charge in [-0.1, -0.05) is 20.8 Å². The van der Waals surface area contributed by atoms with E-state index in [1.165, 1.54) is 17.7 Å². The number of aromatic nitrogens is 1. The summed E-state index contributed by atoms with van der Waals surface area (Å²) < 4.78 is 0. The van der Waals surface area contributed by atoms with Crippen molar-refractivity contribution in [3.05, 3.63) is 16.1 Å². The maximum atomic E-state index is 4.29. The van der Waals surface area contributed by atoms with Crippen molar-refractivity contribution in [1.29, 1.82) is 0 Å². The molecule has 2 rings (SSSR count). The van der Waals surface area contributed by atoms with Crippen LogP contribution in [0.2, 0.25) is 0 Å². The minimum Gasteiger partial charge on any atom is -0.309 e. The Balaban J connectivity index is 1.87. The molecule has 1 saturated carbocycles. The zero-order chi connectivity index (χ0) is 11.8. The highest BCUT2D eigenvalue weighted by Crippen LogP contribution is 2.40. The molecule has 3 heteroatoms. The topological polar surface area (TPSA) is 24.9 Å². The number of nitrogens with zero attached hydrogens (tertiary/aromatic N) is 1. The van der Waals surface area contributed by atoms with E-state index in [0.717, 1.165) is 17.5 Å². The summed E-state index contributed by atoms with van der Waals surface area (Å²) >= 11 is 1.80. The van der Waals surface area contributed by atoms with Gasteiger partial charge in [-0.05, 0) is 31.1 Å². The normalized spacial score (nSPS) is 28.5. The Hall–Kier alpha value is -0.410. The average Bonchev–Trinajstić information content (AvgIpc) is 2.67. The predicted octanol–water partition coefficient (Wildman–Crippen LogP) is 3.37. The highest BCUT2D eigenvalue weighted by molar-refractivity contribution is 7.11. The van der Waals surface area contributed by atoms with Crippen LogP contribution in [0, 0.1) is 18.3 Å². The highest BCUT2D eigenvalue weighted by atomic mass is 32.1. The number of thiazole rings is 1. The Labute approximate surface area is 102 Å². The van der Waals surface area contributed by atoms with E-state index in [9.17, 15) is 0 Å². The Kier molecular flexibility index (Phi) is 3.36. The summed E-state index contributed by atoms with van der Waals surface area (Å²) in [6.07, 6.45) is 4.64. The van der Waals surface area contributed by atoms with Crippen molar-refractivity contribution in [1.82, 2.24) is 10.3 Å². The van der Waals surface area contributed by atoms with Crippen LogP contribution >= 0.6 is 11.3 Å². The second-order valence-corrected chi connectivity index (χ2v) is 7.20. The number of hydrogen-bond acceptors (Lipinski definition) is 3. The second-order valence-electron chi connectivity index (χ2n) is 5.88. The zero-order valence-electron chi connectivity index (χ0n) is 10.7. The summed E-state index contributed by atoms with van der Waals surface area (Å²) in [6.45, 7) is 10.2. The van der Waals surface area contributed by atoms with Crippen molar-refractivity contribution >= 4 is 11.3 Å². The first-order valence-corrected chi connectivity index (χ1v) is 6.93. The number of aryl methyl sites for hydroxylation is 1. The molecule has 1 N–H and O–H groups in total. The Morgan fingerprint density at radius 1 is 1.50 bits per heavy atom. The highest BCUT2D eigenvalue weighted by Gasteiger charge is 2.36. The van der Waals surface area contributed by atoms with Crippen molar-refractivity contribution in [2.75, 3.05) is 0 Å². The Morgan fingerprint density at radius 2 is 2.25 bits per heavy atom. The number of hydrogen-bond donors (Lipinski definition) is 1. The molecular formula is C13H22N2S. The molecule has 2 unspecified atom stereocenters. The summed E-state index contributed by atoms with van der Waals surface area (Å²) in [7, 11) is 0. The van der Waals surface area contributed by atoms with Gasteiger partial charge in [-0.25, -0.2) is 4.98 Å². The van der Waals surface area contributed by atoms with Gasteiger partial charge in [0.15, 0.2) is 0 Å². The molecule has 2 nitrogen and oxygen atoms in total. The molecule has 2 atom stereocenters. The predicted molar refractivity (Wildman–Crippen MR) is 69.7 cm³/mol. The maximum absolute atomic E-state index is 4.29. The smallest absolute Gasteiger partial charge is 0.0897 e. The lowest BCUT2D eigenvalue weighted by molar-refractivity contribution is 0.362. The zero-order valence-corrected chi connectivity index (χ0v) is 11.5. The third-order valence-electron chi connectivity index (χ3n) is 3.54. The van der Waals surface area contributed by atoms with Gasteiger partial charge in [0, 0.05) is 23.7 Å². The average molecular weight is 238 g/mol. The van der Waals surface area contributed by atoms with E-state index >= 15 is 0 Å². The molecule has 1 aromatic heterocycles. The number of nitrogens with one attached hydrogen (secondary N) is 1. The van der Waals surface area contributed by atoms with Crippen molar-refractivity contribution < 1.29 is 0 Å². The van der Waals surface area contributed by atoms with Crippen LogP contribution < -0.4 is 5.32 Å².